The summed E-state index contributed by atoms with van der Waals surface area (Å²) in [5.74, 6) is -0.825. The number of nitrogens with one attached hydrogen (secondary N) is 1. The summed E-state index contributed by atoms with van der Waals surface area (Å²) in [6.45, 7) is 6.39. The fraction of sp³-hybridized carbons (Fsp3) is 0.370. The molecule has 2 aromatic carbocycles. The van der Waals surface area contributed by atoms with E-state index < -0.39 is 11.8 Å². The molecule has 2 N–H and O–H groups in total. The molecule has 1 atom stereocenters. The topological polar surface area (TPSA) is 84.2 Å². The van der Waals surface area contributed by atoms with Crippen LogP contribution in [0.4, 0.5) is 4.39 Å². The van der Waals surface area contributed by atoms with Gasteiger partial charge in [-0.25, -0.2) is 9.18 Å². The molecule has 3 aromatic rings. The normalized spacial score (nSPS) is 12.1. The molecule has 186 valence electrons. The van der Waals surface area contributed by atoms with Crippen molar-refractivity contribution in [1.82, 2.24) is 15.1 Å². The lowest BCUT2D eigenvalue weighted by Gasteiger charge is -2.17. The van der Waals surface area contributed by atoms with Gasteiger partial charge in [-0.1, -0.05) is 57.5 Å². The average Bonchev–Trinajstić information content (AvgIpc) is 3.22. The van der Waals surface area contributed by atoms with Crippen LogP contribution in [0.1, 0.15) is 65.7 Å². The summed E-state index contributed by atoms with van der Waals surface area (Å²) in [6, 6.07) is 12.9. The maximum atomic E-state index is 15.1. The highest BCUT2D eigenvalue weighted by atomic mass is 32.1. The Labute approximate surface area is 211 Å². The highest BCUT2D eigenvalue weighted by Crippen LogP contribution is 2.26. The van der Waals surface area contributed by atoms with E-state index >= 15 is 4.39 Å². The van der Waals surface area contributed by atoms with E-state index in [-0.39, 0.29) is 24.1 Å². The number of aromatic nitrogens is 2. The van der Waals surface area contributed by atoms with Crippen molar-refractivity contribution in [3.05, 3.63) is 76.9 Å². The summed E-state index contributed by atoms with van der Waals surface area (Å²) in [6.07, 6.45) is 2.38. The number of thiol groups is 1. The van der Waals surface area contributed by atoms with E-state index in [1.807, 2.05) is 6.92 Å². The van der Waals surface area contributed by atoms with Crippen LogP contribution in [0.3, 0.4) is 0 Å². The molecule has 0 radical (unpaired) electrons. The van der Waals surface area contributed by atoms with Crippen LogP contribution in [0, 0.1) is 11.7 Å². The van der Waals surface area contributed by atoms with Crippen LogP contribution in [0.2, 0.25) is 0 Å². The molecule has 0 aliphatic rings. The number of hydrogen-bond donors (Lipinski definition) is 3. The Morgan fingerprint density at radius 1 is 1.17 bits per heavy atom. The van der Waals surface area contributed by atoms with Gasteiger partial charge in [-0.3, -0.25) is 9.48 Å². The standard InChI is InChI=1S/C27H32FN3O3S/c1-4-7-21-14-25(26(32)29-20(16-35)12-17(2)3)30-31(21)15-19-11-10-18(13-24(19)28)22-8-5-6-9-23(22)27(33)34/h5-6,8-11,13-14,17,20,35H,4,7,12,15-16H2,1-3H3,(H,29,32)(H,33,34). The number of aryl methyl sites for hydroxylation is 1. The molecule has 1 heterocycles. The lowest BCUT2D eigenvalue weighted by Crippen LogP contribution is -2.37. The monoisotopic (exact) mass is 497 g/mol. The number of halogens is 1. The molecule has 0 saturated carbocycles. The molecular formula is C27H32FN3O3S. The number of amides is 1. The van der Waals surface area contributed by atoms with Crippen LogP contribution in [0.25, 0.3) is 11.1 Å². The summed E-state index contributed by atoms with van der Waals surface area (Å²) in [5.41, 5.74) is 2.61. The first kappa shape index (κ1) is 26.5. The Balaban J connectivity index is 1.85. The van der Waals surface area contributed by atoms with Gasteiger partial charge < -0.3 is 10.4 Å². The number of hydrogen-bond acceptors (Lipinski definition) is 4. The van der Waals surface area contributed by atoms with E-state index in [4.69, 9.17) is 0 Å². The minimum absolute atomic E-state index is 0.0516. The second-order valence-electron chi connectivity index (χ2n) is 9.07. The zero-order valence-electron chi connectivity index (χ0n) is 20.3. The SMILES string of the molecule is CCCc1cc(C(=O)NC(CS)CC(C)C)nn1Cc1ccc(-c2ccccc2C(=O)O)cc1F. The van der Waals surface area contributed by atoms with Crippen LogP contribution in [-0.4, -0.2) is 38.6 Å². The quantitative estimate of drug-likeness (QED) is 0.307. The van der Waals surface area contributed by atoms with Gasteiger partial charge in [0.15, 0.2) is 0 Å². The fourth-order valence-corrected chi connectivity index (χ4v) is 4.33. The molecule has 0 fully saturated rings. The van der Waals surface area contributed by atoms with Crippen LogP contribution in [0.5, 0.6) is 0 Å². The van der Waals surface area contributed by atoms with Gasteiger partial charge in [0, 0.05) is 23.1 Å². The summed E-state index contributed by atoms with van der Waals surface area (Å²) < 4.78 is 16.8. The maximum Gasteiger partial charge on any atom is 0.336 e. The molecule has 0 aliphatic carbocycles. The van der Waals surface area contributed by atoms with Crippen molar-refractivity contribution in [3.8, 4) is 11.1 Å². The molecule has 8 heteroatoms. The Morgan fingerprint density at radius 2 is 1.91 bits per heavy atom. The summed E-state index contributed by atoms with van der Waals surface area (Å²) >= 11 is 4.35. The van der Waals surface area contributed by atoms with Gasteiger partial charge in [0.2, 0.25) is 0 Å². The van der Waals surface area contributed by atoms with Crippen molar-refractivity contribution < 1.29 is 19.1 Å². The van der Waals surface area contributed by atoms with E-state index in [9.17, 15) is 14.7 Å². The number of carboxylic acids is 1. The molecule has 0 spiro atoms. The van der Waals surface area contributed by atoms with Crippen molar-refractivity contribution in [1.29, 1.82) is 0 Å². The molecule has 0 aliphatic heterocycles. The third-order valence-corrected chi connectivity index (χ3v) is 6.20. The summed E-state index contributed by atoms with van der Waals surface area (Å²) in [4.78, 5) is 24.4. The third-order valence-electron chi connectivity index (χ3n) is 5.76. The number of rotatable bonds is 11. The zero-order valence-corrected chi connectivity index (χ0v) is 21.2. The molecule has 35 heavy (non-hydrogen) atoms. The number of benzene rings is 2. The number of carbonyl (C=O) groups is 2. The van der Waals surface area contributed by atoms with Crippen molar-refractivity contribution in [2.24, 2.45) is 5.92 Å². The van der Waals surface area contributed by atoms with Gasteiger partial charge in [0.25, 0.3) is 5.91 Å². The number of nitrogens with zero attached hydrogens (tertiary/aromatic N) is 2. The van der Waals surface area contributed by atoms with E-state index in [1.165, 1.54) is 12.1 Å². The molecule has 1 amide bonds. The Morgan fingerprint density at radius 3 is 2.54 bits per heavy atom. The van der Waals surface area contributed by atoms with Crippen molar-refractivity contribution in [3.63, 3.8) is 0 Å². The summed E-state index contributed by atoms with van der Waals surface area (Å²) in [5, 5.41) is 16.9. The highest BCUT2D eigenvalue weighted by Gasteiger charge is 2.19. The van der Waals surface area contributed by atoms with Gasteiger partial charge in [-0.05, 0) is 48.1 Å². The van der Waals surface area contributed by atoms with E-state index in [1.54, 1.807) is 41.1 Å². The number of carboxylic acid groups (broad SMARTS) is 1. The first-order valence-corrected chi connectivity index (χ1v) is 12.5. The first-order chi connectivity index (χ1) is 16.7. The molecule has 1 aromatic heterocycles. The Bertz CT molecular complexity index is 1190. The predicted molar refractivity (Wildman–Crippen MR) is 139 cm³/mol. The van der Waals surface area contributed by atoms with Gasteiger partial charge in [0.05, 0.1) is 12.1 Å². The van der Waals surface area contributed by atoms with Crippen LogP contribution in [0.15, 0.2) is 48.5 Å². The summed E-state index contributed by atoms with van der Waals surface area (Å²) in [7, 11) is 0. The van der Waals surface area contributed by atoms with Gasteiger partial charge in [-0.15, -0.1) is 0 Å². The van der Waals surface area contributed by atoms with Gasteiger partial charge in [-0.2, -0.15) is 17.7 Å². The predicted octanol–water partition coefficient (Wildman–Crippen LogP) is 5.46. The second kappa shape index (κ2) is 12.0. The van der Waals surface area contributed by atoms with Crippen LogP contribution >= 0.6 is 12.6 Å². The highest BCUT2D eigenvalue weighted by molar-refractivity contribution is 7.80. The molecule has 3 rings (SSSR count). The lowest BCUT2D eigenvalue weighted by atomic mass is 9.98. The molecule has 1 unspecified atom stereocenters. The molecular weight excluding hydrogens is 465 g/mol. The van der Waals surface area contributed by atoms with E-state index in [2.05, 4.69) is 36.9 Å². The van der Waals surface area contributed by atoms with E-state index in [0.29, 0.717) is 40.5 Å². The minimum Gasteiger partial charge on any atom is -0.478 e. The number of aromatic carboxylic acids is 1. The van der Waals surface area contributed by atoms with Crippen LogP contribution < -0.4 is 5.32 Å². The lowest BCUT2D eigenvalue weighted by molar-refractivity contribution is 0.0697. The van der Waals surface area contributed by atoms with Crippen molar-refractivity contribution >= 4 is 24.5 Å². The second-order valence-corrected chi connectivity index (χ2v) is 9.43. The molecule has 0 saturated heterocycles. The third kappa shape index (κ3) is 6.72. The molecule has 6 nitrogen and oxygen atoms in total. The van der Waals surface area contributed by atoms with Gasteiger partial charge in [0.1, 0.15) is 11.5 Å². The zero-order chi connectivity index (χ0) is 25.5. The molecule has 0 bridgehead atoms. The largest absolute Gasteiger partial charge is 0.478 e. The number of carbonyl (C=O) groups excluding carboxylic acids is 1. The van der Waals surface area contributed by atoms with Gasteiger partial charge >= 0.3 is 5.97 Å². The smallest absolute Gasteiger partial charge is 0.336 e. The Hall–Kier alpha value is -3.13. The van der Waals surface area contributed by atoms with Crippen LogP contribution in [-0.2, 0) is 13.0 Å². The maximum absolute atomic E-state index is 15.1. The minimum atomic E-state index is -1.06. The fourth-order valence-electron chi connectivity index (χ4n) is 4.09. The van der Waals surface area contributed by atoms with E-state index in [0.717, 1.165) is 18.5 Å². The van der Waals surface area contributed by atoms with Crippen molar-refractivity contribution in [2.75, 3.05) is 5.75 Å². The van der Waals surface area contributed by atoms with Crippen molar-refractivity contribution in [2.45, 2.75) is 52.6 Å². The first-order valence-electron chi connectivity index (χ1n) is 11.8. The Kier molecular flexibility index (Phi) is 9.09. The average molecular weight is 498 g/mol.